The number of methoxy groups -OCH3 is 1. The first-order valence-corrected chi connectivity index (χ1v) is 10.0. The number of benzene rings is 2. The van der Waals surface area contributed by atoms with Crippen LogP contribution in [0.5, 0.6) is 5.75 Å². The van der Waals surface area contributed by atoms with Crippen molar-refractivity contribution in [2.45, 2.75) is 33.6 Å². The Morgan fingerprint density at radius 1 is 1.24 bits per heavy atom. The van der Waals surface area contributed by atoms with Gasteiger partial charge in [-0.25, -0.2) is 0 Å². The van der Waals surface area contributed by atoms with E-state index in [2.05, 4.69) is 57.7 Å². The predicted molar refractivity (Wildman–Crippen MR) is 118 cm³/mol. The molecule has 7 heteroatoms. The number of aryl methyl sites for hydroxylation is 1. The molecule has 6 nitrogen and oxygen atoms in total. The van der Waals surface area contributed by atoms with Gasteiger partial charge in [0, 0.05) is 5.69 Å². The summed E-state index contributed by atoms with van der Waals surface area (Å²) >= 11 is 0. The van der Waals surface area contributed by atoms with Crippen molar-refractivity contribution < 1.29 is 9.47 Å². The molecule has 0 bridgehead atoms. The molecule has 0 amide bonds. The van der Waals surface area contributed by atoms with Gasteiger partial charge in [0.1, 0.15) is 0 Å². The number of anilines is 2. The first-order chi connectivity index (χ1) is 14.0. The second-order valence-corrected chi connectivity index (χ2v) is 7.87. The normalized spacial score (nSPS) is 12.7. The van der Waals surface area contributed by atoms with Gasteiger partial charge in [-0.3, -0.25) is 4.79 Å². The predicted octanol–water partition coefficient (Wildman–Crippen LogP) is 3.19. The van der Waals surface area contributed by atoms with E-state index in [9.17, 15) is 4.79 Å². The van der Waals surface area contributed by atoms with E-state index in [1.165, 1.54) is 29.1 Å². The molecule has 4 rings (SSSR count). The van der Waals surface area contributed by atoms with Gasteiger partial charge in [0.05, 0.1) is 33.1 Å². The summed E-state index contributed by atoms with van der Waals surface area (Å²) in [6.45, 7) is 5.95. The highest BCUT2D eigenvalue weighted by Gasteiger charge is 2.17. The van der Waals surface area contributed by atoms with Crippen molar-refractivity contribution in [2.24, 2.45) is 0 Å². The van der Waals surface area contributed by atoms with Crippen LogP contribution in [0.25, 0.3) is 0 Å². The van der Waals surface area contributed by atoms with E-state index in [0.717, 1.165) is 16.8 Å². The molecule has 3 aromatic rings. The molecule has 29 heavy (non-hydrogen) atoms. The van der Waals surface area contributed by atoms with Crippen molar-refractivity contribution >= 4 is 26.2 Å². The van der Waals surface area contributed by atoms with Crippen LogP contribution >= 0.6 is 9.24 Å². The second-order valence-electron chi connectivity index (χ2n) is 7.25. The van der Waals surface area contributed by atoms with Gasteiger partial charge in [-0.15, -0.1) is 9.24 Å². The summed E-state index contributed by atoms with van der Waals surface area (Å²) in [6.07, 6.45) is 1.70. The Kier molecular flexibility index (Phi) is 5.39. The van der Waals surface area contributed by atoms with E-state index in [0.29, 0.717) is 25.7 Å². The first-order valence-electron chi connectivity index (χ1n) is 9.43. The minimum Gasteiger partial charge on any atom is -0.490 e. The van der Waals surface area contributed by atoms with Crippen molar-refractivity contribution in [2.75, 3.05) is 12.4 Å². The number of fused-ring (bicyclic) bond motifs is 1. The number of aromatic nitrogens is 2. The Morgan fingerprint density at radius 3 is 2.83 bits per heavy atom. The van der Waals surface area contributed by atoms with E-state index >= 15 is 0 Å². The highest BCUT2D eigenvalue weighted by atomic mass is 31.0. The van der Waals surface area contributed by atoms with E-state index in [1.54, 1.807) is 6.20 Å². The van der Waals surface area contributed by atoms with Crippen LogP contribution in [0.4, 0.5) is 11.6 Å². The van der Waals surface area contributed by atoms with Gasteiger partial charge in [-0.2, -0.15) is 4.98 Å². The molecule has 1 N–H and O–H groups in total. The SMILES string of the molecule is COc1cn(Cc2ccc(P)c(C)c2)c(Nc2ccc3c(c2C)COC3)nc1=O. The zero-order valence-corrected chi connectivity index (χ0v) is 17.9. The lowest BCUT2D eigenvalue weighted by atomic mass is 10.0. The third kappa shape index (κ3) is 3.91. The number of hydrogen-bond donors (Lipinski definition) is 1. The lowest BCUT2D eigenvalue weighted by Gasteiger charge is -2.17. The summed E-state index contributed by atoms with van der Waals surface area (Å²) in [7, 11) is 4.21. The third-order valence-electron chi connectivity index (χ3n) is 5.32. The number of ether oxygens (including phenoxy) is 2. The first kappa shape index (κ1) is 19.6. The molecule has 1 aliphatic rings. The van der Waals surface area contributed by atoms with Crippen LogP contribution in [-0.4, -0.2) is 16.7 Å². The number of nitrogens with one attached hydrogen (secondary N) is 1. The fourth-order valence-electron chi connectivity index (χ4n) is 3.53. The van der Waals surface area contributed by atoms with Gasteiger partial charge in [-0.1, -0.05) is 24.3 Å². The molecule has 1 unspecified atom stereocenters. The monoisotopic (exact) mass is 409 g/mol. The van der Waals surface area contributed by atoms with Crippen LogP contribution in [-0.2, 0) is 24.5 Å². The summed E-state index contributed by atoms with van der Waals surface area (Å²) in [5.74, 6) is 0.694. The maximum Gasteiger partial charge on any atom is 0.316 e. The van der Waals surface area contributed by atoms with Gasteiger partial charge in [-0.05, 0) is 53.0 Å². The molecule has 1 atom stereocenters. The van der Waals surface area contributed by atoms with E-state index in [-0.39, 0.29) is 5.75 Å². The van der Waals surface area contributed by atoms with Gasteiger partial charge in [0.2, 0.25) is 11.7 Å². The van der Waals surface area contributed by atoms with Crippen LogP contribution in [0.15, 0.2) is 41.3 Å². The zero-order chi connectivity index (χ0) is 20.5. The van der Waals surface area contributed by atoms with Crippen LogP contribution < -0.4 is 20.9 Å². The van der Waals surface area contributed by atoms with E-state index in [1.807, 2.05) is 10.6 Å². The van der Waals surface area contributed by atoms with Crippen LogP contribution in [0.2, 0.25) is 0 Å². The maximum atomic E-state index is 12.3. The number of nitrogens with zero attached hydrogens (tertiary/aromatic N) is 2. The van der Waals surface area contributed by atoms with Crippen molar-refractivity contribution in [3.8, 4) is 5.75 Å². The van der Waals surface area contributed by atoms with Crippen molar-refractivity contribution in [3.05, 3.63) is 74.7 Å². The fourth-order valence-corrected chi connectivity index (χ4v) is 3.71. The smallest absolute Gasteiger partial charge is 0.316 e. The third-order valence-corrected chi connectivity index (χ3v) is 5.96. The molecule has 0 saturated heterocycles. The Labute approximate surface area is 172 Å². The summed E-state index contributed by atoms with van der Waals surface area (Å²) in [4.78, 5) is 16.6. The van der Waals surface area contributed by atoms with Crippen molar-refractivity contribution in [1.82, 2.24) is 9.55 Å². The van der Waals surface area contributed by atoms with Gasteiger partial charge >= 0.3 is 5.56 Å². The molecule has 0 spiro atoms. The summed E-state index contributed by atoms with van der Waals surface area (Å²) in [5.41, 5.74) is 6.34. The maximum absolute atomic E-state index is 12.3. The molecule has 1 aromatic heterocycles. The van der Waals surface area contributed by atoms with Crippen LogP contribution in [0.3, 0.4) is 0 Å². The summed E-state index contributed by atoms with van der Waals surface area (Å²) in [6, 6.07) is 10.3. The average molecular weight is 409 g/mol. The minimum absolute atomic E-state index is 0.217. The number of rotatable bonds is 5. The van der Waals surface area contributed by atoms with E-state index < -0.39 is 5.56 Å². The quantitative estimate of drug-likeness (QED) is 0.656. The summed E-state index contributed by atoms with van der Waals surface area (Å²) in [5, 5.41) is 4.51. The Bertz CT molecular complexity index is 1140. The molecule has 2 heterocycles. The zero-order valence-electron chi connectivity index (χ0n) is 16.8. The molecule has 0 saturated carbocycles. The topological polar surface area (TPSA) is 65.4 Å². The molecular formula is C22H24N3O3P. The lowest BCUT2D eigenvalue weighted by molar-refractivity contribution is 0.134. The largest absolute Gasteiger partial charge is 0.490 e. The van der Waals surface area contributed by atoms with Crippen LogP contribution in [0, 0.1) is 13.8 Å². The molecule has 0 radical (unpaired) electrons. The van der Waals surface area contributed by atoms with E-state index in [4.69, 9.17) is 9.47 Å². The molecular weight excluding hydrogens is 385 g/mol. The van der Waals surface area contributed by atoms with Gasteiger partial charge in [0.15, 0.2) is 0 Å². The average Bonchev–Trinajstić information content (AvgIpc) is 3.18. The Hall–Kier alpha value is -2.69. The Morgan fingerprint density at radius 2 is 2.07 bits per heavy atom. The van der Waals surface area contributed by atoms with Crippen molar-refractivity contribution in [1.29, 1.82) is 0 Å². The Balaban J connectivity index is 1.73. The highest BCUT2D eigenvalue weighted by molar-refractivity contribution is 7.27. The standard InChI is InChI=1S/C22H24N3O3P/c1-13-8-15(4-7-20(13)29)9-25-10-19(27-3)21(26)24-22(25)23-18-6-5-16-11-28-12-17(16)14(18)2/h4-8,10H,9,11-12,29H2,1-3H3,(H,23,24,26). The fraction of sp³-hybridized carbons (Fsp3) is 0.273. The molecule has 0 fully saturated rings. The second kappa shape index (κ2) is 7.97. The molecule has 150 valence electrons. The van der Waals surface area contributed by atoms with Gasteiger partial charge < -0.3 is 19.4 Å². The molecule has 1 aliphatic heterocycles. The highest BCUT2D eigenvalue weighted by Crippen LogP contribution is 2.30. The molecule has 0 aliphatic carbocycles. The van der Waals surface area contributed by atoms with Crippen molar-refractivity contribution in [3.63, 3.8) is 0 Å². The van der Waals surface area contributed by atoms with Crippen LogP contribution in [0.1, 0.15) is 27.8 Å². The lowest BCUT2D eigenvalue weighted by Crippen LogP contribution is -2.19. The molecule has 2 aromatic carbocycles. The summed E-state index contributed by atoms with van der Waals surface area (Å²) < 4.78 is 12.7. The van der Waals surface area contributed by atoms with Gasteiger partial charge in [0.25, 0.3) is 0 Å². The number of hydrogen-bond acceptors (Lipinski definition) is 5. The minimum atomic E-state index is -0.398.